The van der Waals surface area contributed by atoms with Crippen LogP contribution in [0.15, 0.2) is 16.5 Å². The number of likely N-dealkylation sites (N-methyl/N-ethyl adjacent to an activating group) is 1. The number of H-pyrrole nitrogens is 1. The van der Waals surface area contributed by atoms with Crippen LogP contribution in [0.4, 0.5) is 0 Å². The molecule has 0 bridgehead atoms. The van der Waals surface area contributed by atoms with Gasteiger partial charge in [0.1, 0.15) is 11.5 Å². The molecule has 0 saturated carbocycles. The zero-order valence-electron chi connectivity index (χ0n) is 15.7. The number of hydrogen-bond acceptors (Lipinski definition) is 5. The van der Waals surface area contributed by atoms with Crippen LogP contribution in [-0.4, -0.2) is 41.3 Å². The maximum Gasteiger partial charge on any atom is 0.340 e. The fourth-order valence-corrected chi connectivity index (χ4v) is 2.87. The first-order valence-electron chi connectivity index (χ1n) is 8.42. The molecule has 0 amide bonds. The van der Waals surface area contributed by atoms with E-state index in [1.54, 1.807) is 20.8 Å². The predicted molar refractivity (Wildman–Crippen MR) is 94.9 cm³/mol. The molecule has 0 aromatic carbocycles. The normalized spacial score (nSPS) is 12.4. The average Bonchev–Trinajstić information content (AvgIpc) is 3.08. The number of aromatic nitrogens is 1. The van der Waals surface area contributed by atoms with Crippen molar-refractivity contribution in [2.75, 3.05) is 13.7 Å². The summed E-state index contributed by atoms with van der Waals surface area (Å²) in [6.45, 7) is 9.87. The molecule has 6 heteroatoms. The number of carbonyl (C=O) groups excluding carboxylic acids is 2. The van der Waals surface area contributed by atoms with Crippen molar-refractivity contribution < 1.29 is 18.7 Å². The molecule has 0 aliphatic rings. The predicted octanol–water partition coefficient (Wildman–Crippen LogP) is 3.41. The number of aromatic amines is 1. The molecule has 0 radical (unpaired) electrons. The number of ether oxygens (including phenoxy) is 1. The van der Waals surface area contributed by atoms with E-state index in [1.165, 1.54) is 0 Å². The summed E-state index contributed by atoms with van der Waals surface area (Å²) in [5.41, 5.74) is 2.18. The van der Waals surface area contributed by atoms with Gasteiger partial charge in [0.15, 0.2) is 5.78 Å². The molecule has 1 atom stereocenters. The van der Waals surface area contributed by atoms with Crippen LogP contribution in [0.5, 0.6) is 0 Å². The Hall–Kier alpha value is -2.34. The minimum atomic E-state index is -0.403. The van der Waals surface area contributed by atoms with Gasteiger partial charge in [0.2, 0.25) is 0 Å². The lowest BCUT2D eigenvalue weighted by Crippen LogP contribution is -2.36. The minimum Gasteiger partial charge on any atom is -0.465 e. The van der Waals surface area contributed by atoms with E-state index in [2.05, 4.69) is 4.98 Å². The van der Waals surface area contributed by atoms with E-state index in [0.717, 1.165) is 11.5 Å². The Bertz CT molecular complexity index is 772. The molecular formula is C19H26N2O4. The number of carbonyl (C=O) groups is 2. The molecule has 0 saturated heterocycles. The van der Waals surface area contributed by atoms with Crippen LogP contribution < -0.4 is 0 Å². The number of furan rings is 1. The first-order chi connectivity index (χ1) is 11.8. The second-order valence-electron chi connectivity index (χ2n) is 6.31. The molecule has 0 spiro atoms. The number of ketones is 1. The summed E-state index contributed by atoms with van der Waals surface area (Å²) >= 11 is 0. The highest BCUT2D eigenvalue weighted by Gasteiger charge is 2.27. The van der Waals surface area contributed by atoms with Crippen LogP contribution in [0.3, 0.4) is 0 Å². The van der Waals surface area contributed by atoms with E-state index in [4.69, 9.17) is 9.15 Å². The molecule has 0 unspecified atom stereocenters. The fourth-order valence-electron chi connectivity index (χ4n) is 2.87. The maximum atomic E-state index is 12.9. The van der Waals surface area contributed by atoms with Gasteiger partial charge in [-0.25, -0.2) is 4.79 Å². The van der Waals surface area contributed by atoms with Crippen molar-refractivity contribution in [3.8, 4) is 0 Å². The van der Waals surface area contributed by atoms with Gasteiger partial charge in [0.25, 0.3) is 0 Å². The van der Waals surface area contributed by atoms with Gasteiger partial charge < -0.3 is 14.1 Å². The van der Waals surface area contributed by atoms with Crippen molar-refractivity contribution in [2.24, 2.45) is 0 Å². The highest BCUT2D eigenvalue weighted by molar-refractivity contribution is 6.03. The standard InChI is InChI=1S/C19H26N2O4/c1-7-24-19(23)16-12(3)17(20-13(16)4)18(22)14(5)21(6)10-15-9-8-11(2)25-15/h8-9,14,20H,7,10H2,1-6H3/t14-/m0/s1. The summed E-state index contributed by atoms with van der Waals surface area (Å²) in [7, 11) is 1.87. The van der Waals surface area contributed by atoms with Crippen molar-refractivity contribution in [1.82, 2.24) is 9.88 Å². The largest absolute Gasteiger partial charge is 0.465 e. The maximum absolute atomic E-state index is 12.9. The topological polar surface area (TPSA) is 75.5 Å². The molecule has 2 aromatic heterocycles. The van der Waals surface area contributed by atoms with E-state index >= 15 is 0 Å². The van der Waals surface area contributed by atoms with Crippen molar-refractivity contribution in [3.05, 3.63) is 46.2 Å². The van der Waals surface area contributed by atoms with Crippen LogP contribution in [0.1, 0.15) is 57.5 Å². The third-order valence-corrected chi connectivity index (χ3v) is 4.41. The highest BCUT2D eigenvalue weighted by atomic mass is 16.5. The average molecular weight is 346 g/mol. The van der Waals surface area contributed by atoms with Gasteiger partial charge in [-0.3, -0.25) is 9.69 Å². The molecule has 2 heterocycles. The number of Topliss-reactive ketones (excluding diaryl/α,β-unsaturated/α-hetero) is 1. The van der Waals surface area contributed by atoms with Gasteiger partial charge in [0, 0.05) is 5.69 Å². The number of hydrogen-bond donors (Lipinski definition) is 1. The second kappa shape index (κ2) is 7.70. The molecule has 2 aromatic rings. The van der Waals surface area contributed by atoms with E-state index in [-0.39, 0.29) is 11.8 Å². The van der Waals surface area contributed by atoms with Crippen LogP contribution >= 0.6 is 0 Å². The van der Waals surface area contributed by atoms with Crippen LogP contribution in [0.2, 0.25) is 0 Å². The number of rotatable bonds is 7. The smallest absolute Gasteiger partial charge is 0.340 e. The van der Waals surface area contributed by atoms with Crippen LogP contribution in [0, 0.1) is 20.8 Å². The van der Waals surface area contributed by atoms with Crippen LogP contribution in [0.25, 0.3) is 0 Å². The third kappa shape index (κ3) is 4.02. The van der Waals surface area contributed by atoms with Crippen molar-refractivity contribution in [1.29, 1.82) is 0 Å². The van der Waals surface area contributed by atoms with E-state index in [1.807, 2.05) is 37.9 Å². The zero-order chi connectivity index (χ0) is 18.7. The minimum absolute atomic E-state index is 0.0677. The van der Waals surface area contributed by atoms with Gasteiger partial charge in [-0.2, -0.15) is 0 Å². The summed E-state index contributed by atoms with van der Waals surface area (Å²) in [6, 6.07) is 3.45. The molecule has 25 heavy (non-hydrogen) atoms. The second-order valence-corrected chi connectivity index (χ2v) is 6.31. The van der Waals surface area contributed by atoms with Gasteiger partial charge in [-0.05, 0) is 59.4 Å². The highest BCUT2D eigenvalue weighted by Crippen LogP contribution is 2.22. The van der Waals surface area contributed by atoms with Crippen LogP contribution in [-0.2, 0) is 11.3 Å². The fraction of sp³-hybridized carbons (Fsp3) is 0.474. The first kappa shape index (κ1) is 19.0. The summed E-state index contributed by atoms with van der Waals surface area (Å²) < 4.78 is 10.7. The first-order valence-corrected chi connectivity index (χ1v) is 8.42. The van der Waals surface area contributed by atoms with Gasteiger partial charge >= 0.3 is 5.97 Å². The molecule has 136 valence electrons. The van der Waals surface area contributed by atoms with Crippen molar-refractivity contribution in [2.45, 2.75) is 47.2 Å². The Kier molecular flexibility index (Phi) is 5.85. The Balaban J connectivity index is 2.19. The summed E-state index contributed by atoms with van der Waals surface area (Å²) in [4.78, 5) is 30.0. The summed E-state index contributed by atoms with van der Waals surface area (Å²) in [5.74, 6) is 1.19. The quantitative estimate of drug-likeness (QED) is 0.614. The molecule has 0 aliphatic heterocycles. The lowest BCUT2D eigenvalue weighted by molar-refractivity contribution is 0.0525. The van der Waals surface area contributed by atoms with Crippen molar-refractivity contribution >= 4 is 11.8 Å². The Morgan fingerprint density at radius 1 is 1.28 bits per heavy atom. The molecule has 2 rings (SSSR count). The number of nitrogens with zero attached hydrogens (tertiary/aromatic N) is 1. The lowest BCUT2D eigenvalue weighted by Gasteiger charge is -2.22. The Morgan fingerprint density at radius 3 is 2.52 bits per heavy atom. The lowest BCUT2D eigenvalue weighted by atomic mass is 10.0. The molecule has 0 fully saturated rings. The third-order valence-electron chi connectivity index (χ3n) is 4.41. The molecule has 6 nitrogen and oxygen atoms in total. The SMILES string of the molecule is CCOC(=O)c1c(C)[nH]c(C(=O)[C@H](C)N(C)Cc2ccc(C)o2)c1C. The zero-order valence-corrected chi connectivity index (χ0v) is 15.7. The Morgan fingerprint density at radius 2 is 1.96 bits per heavy atom. The van der Waals surface area contributed by atoms with E-state index < -0.39 is 5.97 Å². The monoisotopic (exact) mass is 346 g/mol. The number of nitrogens with one attached hydrogen (secondary N) is 1. The molecule has 1 N–H and O–H groups in total. The number of esters is 1. The van der Waals surface area contributed by atoms with E-state index in [0.29, 0.717) is 35.7 Å². The van der Waals surface area contributed by atoms with Gasteiger partial charge in [-0.1, -0.05) is 0 Å². The van der Waals surface area contributed by atoms with Crippen molar-refractivity contribution in [3.63, 3.8) is 0 Å². The molecular weight excluding hydrogens is 320 g/mol. The van der Waals surface area contributed by atoms with Gasteiger partial charge in [-0.15, -0.1) is 0 Å². The number of aryl methyl sites for hydroxylation is 2. The van der Waals surface area contributed by atoms with Gasteiger partial charge in [0.05, 0.1) is 30.5 Å². The molecule has 0 aliphatic carbocycles. The Labute approximate surface area is 148 Å². The summed E-state index contributed by atoms with van der Waals surface area (Å²) in [6.07, 6.45) is 0. The summed E-state index contributed by atoms with van der Waals surface area (Å²) in [5, 5.41) is 0. The van der Waals surface area contributed by atoms with E-state index in [9.17, 15) is 9.59 Å².